The van der Waals surface area contributed by atoms with Crippen molar-refractivity contribution in [2.45, 2.75) is 4.90 Å². The summed E-state index contributed by atoms with van der Waals surface area (Å²) in [7, 11) is -3.62. The number of ketones is 1. The van der Waals surface area contributed by atoms with Crippen LogP contribution in [-0.2, 0) is 9.84 Å². The largest absolute Gasteiger partial charge is 0.293 e. The standard InChI is InChI=1S/C10H4N2O3S/c11-3-6-1-8-9(13)5-16(14,15)10(8)2-7(6)4-12/h1-2H,5H2. The van der Waals surface area contributed by atoms with Gasteiger partial charge in [-0.05, 0) is 12.1 Å². The van der Waals surface area contributed by atoms with Crippen molar-refractivity contribution in [3.63, 3.8) is 0 Å². The van der Waals surface area contributed by atoms with Crippen molar-refractivity contribution in [3.05, 3.63) is 28.8 Å². The molecule has 78 valence electrons. The number of hydrogen-bond donors (Lipinski definition) is 0. The molecule has 5 nitrogen and oxygen atoms in total. The Hall–Kier alpha value is -2.18. The molecule has 0 saturated carbocycles. The number of nitriles is 2. The summed E-state index contributed by atoms with van der Waals surface area (Å²) in [5.41, 5.74) is 0.00164. The number of nitrogens with zero attached hydrogens (tertiary/aromatic N) is 2. The van der Waals surface area contributed by atoms with Gasteiger partial charge in [0.05, 0.1) is 16.0 Å². The number of rotatable bonds is 0. The van der Waals surface area contributed by atoms with Crippen LogP contribution in [-0.4, -0.2) is 20.0 Å². The first-order valence-electron chi connectivity index (χ1n) is 4.24. The fourth-order valence-electron chi connectivity index (χ4n) is 1.57. The Morgan fingerprint density at radius 2 is 1.69 bits per heavy atom. The molecule has 0 atom stereocenters. The van der Waals surface area contributed by atoms with Gasteiger partial charge in [0.15, 0.2) is 15.6 Å². The van der Waals surface area contributed by atoms with E-state index in [0.717, 1.165) is 6.07 Å². The van der Waals surface area contributed by atoms with E-state index in [1.807, 2.05) is 0 Å². The Kier molecular flexibility index (Phi) is 2.04. The number of hydrogen-bond acceptors (Lipinski definition) is 5. The Bertz CT molecular complexity index is 690. The van der Waals surface area contributed by atoms with Crippen molar-refractivity contribution >= 4 is 15.6 Å². The summed E-state index contributed by atoms with van der Waals surface area (Å²) < 4.78 is 23.0. The molecule has 1 aliphatic heterocycles. The molecule has 1 heterocycles. The molecule has 6 heteroatoms. The minimum absolute atomic E-state index is 0.00977. The molecule has 1 aliphatic rings. The average molecular weight is 232 g/mol. The lowest BCUT2D eigenvalue weighted by molar-refractivity contribution is 0.102. The summed E-state index contributed by atoms with van der Waals surface area (Å²) >= 11 is 0. The fraction of sp³-hybridized carbons (Fsp3) is 0.100. The van der Waals surface area contributed by atoms with Crippen molar-refractivity contribution in [1.82, 2.24) is 0 Å². The summed E-state index contributed by atoms with van der Waals surface area (Å²) in [6.07, 6.45) is 0. The third kappa shape index (κ3) is 1.28. The van der Waals surface area contributed by atoms with Gasteiger partial charge >= 0.3 is 0 Å². The molecule has 0 saturated heterocycles. The predicted octanol–water partition coefficient (Wildman–Crippen LogP) is 0.400. The quantitative estimate of drug-likeness (QED) is 0.644. The van der Waals surface area contributed by atoms with E-state index in [1.54, 1.807) is 12.1 Å². The topological polar surface area (TPSA) is 98.8 Å². The molecular weight excluding hydrogens is 228 g/mol. The van der Waals surface area contributed by atoms with Crippen LogP contribution in [0, 0.1) is 22.7 Å². The van der Waals surface area contributed by atoms with E-state index in [2.05, 4.69) is 0 Å². The van der Waals surface area contributed by atoms with Crippen LogP contribution in [0.1, 0.15) is 21.5 Å². The number of benzene rings is 1. The average Bonchev–Trinajstić information content (AvgIpc) is 2.47. The minimum atomic E-state index is -3.62. The van der Waals surface area contributed by atoms with Gasteiger partial charge in [-0.2, -0.15) is 10.5 Å². The van der Waals surface area contributed by atoms with Crippen LogP contribution in [0.5, 0.6) is 0 Å². The summed E-state index contributed by atoms with van der Waals surface area (Å²) in [4.78, 5) is 11.2. The first kappa shape index (κ1) is 10.3. The molecule has 0 N–H and O–H groups in total. The van der Waals surface area contributed by atoms with Crippen LogP contribution in [0.15, 0.2) is 17.0 Å². The van der Waals surface area contributed by atoms with Crippen LogP contribution in [0.2, 0.25) is 0 Å². The highest BCUT2D eigenvalue weighted by Crippen LogP contribution is 2.28. The Morgan fingerprint density at radius 3 is 2.25 bits per heavy atom. The number of carbonyl (C=O) groups excluding carboxylic acids is 1. The summed E-state index contributed by atoms with van der Waals surface area (Å²) in [6.45, 7) is 0. The van der Waals surface area contributed by atoms with Gasteiger partial charge in [-0.25, -0.2) is 8.42 Å². The van der Waals surface area contributed by atoms with Crippen molar-refractivity contribution in [1.29, 1.82) is 10.5 Å². The molecule has 0 fully saturated rings. The lowest BCUT2D eigenvalue weighted by atomic mass is 10.0. The molecule has 1 aromatic carbocycles. The molecular formula is C10H4N2O3S. The second-order valence-corrected chi connectivity index (χ2v) is 5.26. The maximum absolute atomic E-state index is 11.5. The van der Waals surface area contributed by atoms with E-state index in [1.165, 1.54) is 6.07 Å². The van der Waals surface area contributed by atoms with Gasteiger partial charge in [-0.15, -0.1) is 0 Å². The van der Waals surface area contributed by atoms with E-state index >= 15 is 0 Å². The van der Waals surface area contributed by atoms with Gasteiger partial charge in [0.25, 0.3) is 0 Å². The number of carbonyl (C=O) groups is 1. The van der Waals surface area contributed by atoms with Crippen LogP contribution < -0.4 is 0 Å². The summed E-state index contributed by atoms with van der Waals surface area (Å²) in [5.74, 6) is -1.11. The number of Topliss-reactive ketones (excluding diaryl/α,β-unsaturated/α-hetero) is 1. The van der Waals surface area contributed by atoms with Gasteiger partial charge in [-0.1, -0.05) is 0 Å². The van der Waals surface area contributed by atoms with Gasteiger partial charge < -0.3 is 0 Å². The van der Waals surface area contributed by atoms with E-state index in [-0.39, 0.29) is 21.6 Å². The molecule has 0 aromatic heterocycles. The minimum Gasteiger partial charge on any atom is -0.293 e. The molecule has 1 aromatic rings. The maximum atomic E-state index is 11.5. The smallest absolute Gasteiger partial charge is 0.186 e. The Balaban J connectivity index is 2.87. The van der Waals surface area contributed by atoms with Crippen LogP contribution in [0.3, 0.4) is 0 Å². The van der Waals surface area contributed by atoms with E-state index in [9.17, 15) is 13.2 Å². The van der Waals surface area contributed by atoms with E-state index in [4.69, 9.17) is 10.5 Å². The second kappa shape index (κ2) is 3.16. The summed E-state index contributed by atoms with van der Waals surface area (Å²) in [5, 5.41) is 17.5. The van der Waals surface area contributed by atoms with Gasteiger partial charge in [0.1, 0.15) is 17.9 Å². The third-order valence-corrected chi connectivity index (χ3v) is 3.97. The molecule has 0 unspecified atom stereocenters. The predicted molar refractivity (Wildman–Crippen MR) is 52.3 cm³/mol. The molecule has 0 bridgehead atoms. The maximum Gasteiger partial charge on any atom is 0.186 e. The zero-order valence-electron chi connectivity index (χ0n) is 7.89. The monoisotopic (exact) mass is 232 g/mol. The van der Waals surface area contributed by atoms with Crippen LogP contribution >= 0.6 is 0 Å². The van der Waals surface area contributed by atoms with E-state index in [0.29, 0.717) is 0 Å². The van der Waals surface area contributed by atoms with Crippen LogP contribution in [0.4, 0.5) is 0 Å². The van der Waals surface area contributed by atoms with Crippen molar-refractivity contribution < 1.29 is 13.2 Å². The van der Waals surface area contributed by atoms with Gasteiger partial charge in [0, 0.05) is 5.56 Å². The molecule has 0 radical (unpaired) electrons. The van der Waals surface area contributed by atoms with Crippen molar-refractivity contribution in [3.8, 4) is 12.1 Å². The molecule has 16 heavy (non-hydrogen) atoms. The summed E-state index contributed by atoms with van der Waals surface area (Å²) in [6, 6.07) is 5.74. The highest BCUT2D eigenvalue weighted by atomic mass is 32.2. The Labute approximate surface area is 91.5 Å². The first-order valence-corrected chi connectivity index (χ1v) is 5.89. The lowest BCUT2D eigenvalue weighted by Gasteiger charge is -1.99. The zero-order valence-corrected chi connectivity index (χ0v) is 8.71. The first-order chi connectivity index (χ1) is 7.49. The van der Waals surface area contributed by atoms with E-state index < -0.39 is 21.4 Å². The molecule has 2 rings (SSSR count). The SMILES string of the molecule is N#Cc1cc2c(cc1C#N)S(=O)(=O)CC2=O. The number of fused-ring (bicyclic) bond motifs is 1. The molecule has 0 aliphatic carbocycles. The van der Waals surface area contributed by atoms with Gasteiger partial charge in [0.2, 0.25) is 0 Å². The highest BCUT2D eigenvalue weighted by molar-refractivity contribution is 7.92. The zero-order chi connectivity index (χ0) is 11.9. The Morgan fingerprint density at radius 1 is 1.12 bits per heavy atom. The van der Waals surface area contributed by atoms with Gasteiger partial charge in [-0.3, -0.25) is 4.79 Å². The molecule has 0 spiro atoms. The second-order valence-electron chi connectivity index (χ2n) is 3.30. The highest BCUT2D eigenvalue weighted by Gasteiger charge is 2.34. The van der Waals surface area contributed by atoms with Crippen molar-refractivity contribution in [2.75, 3.05) is 5.75 Å². The van der Waals surface area contributed by atoms with Crippen LogP contribution in [0.25, 0.3) is 0 Å². The normalized spacial score (nSPS) is 16.2. The lowest BCUT2D eigenvalue weighted by Crippen LogP contribution is -2.03. The number of sulfone groups is 1. The molecule has 0 amide bonds. The fourth-order valence-corrected chi connectivity index (χ4v) is 3.03. The third-order valence-electron chi connectivity index (χ3n) is 2.32. The van der Waals surface area contributed by atoms with Crippen molar-refractivity contribution in [2.24, 2.45) is 0 Å².